The maximum atomic E-state index is 12.0. The number of nitrogens with zero attached hydrogens (tertiary/aromatic N) is 2. The minimum atomic E-state index is -0.315. The molecule has 0 spiro atoms. The summed E-state index contributed by atoms with van der Waals surface area (Å²) in [5, 5.41) is 0. The van der Waals surface area contributed by atoms with E-state index in [9.17, 15) is 4.79 Å². The standard InChI is InChI=1S/C14H17BrN2O3/c1-9-7-19-10(2)6-16(9)8-17-12-4-3-11(15)5-13(12)20-14(17)18/h3-5,9-10H,6-8H2,1-2H3. The molecule has 1 aliphatic rings. The SMILES string of the molecule is CC1CN(Cn2c(=O)oc3cc(Br)ccc32)C(C)CO1. The van der Waals surface area contributed by atoms with Crippen LogP contribution in [0.1, 0.15) is 13.8 Å². The van der Waals surface area contributed by atoms with Crippen LogP contribution in [0.15, 0.2) is 31.9 Å². The lowest BCUT2D eigenvalue weighted by Gasteiger charge is -2.36. The molecule has 1 aliphatic heterocycles. The molecule has 3 rings (SSSR count). The fraction of sp³-hybridized carbons (Fsp3) is 0.500. The lowest BCUT2D eigenvalue weighted by Crippen LogP contribution is -2.48. The Bertz CT molecular complexity index is 679. The highest BCUT2D eigenvalue weighted by Gasteiger charge is 2.24. The zero-order valence-electron chi connectivity index (χ0n) is 11.5. The topological polar surface area (TPSA) is 47.6 Å². The molecular weight excluding hydrogens is 324 g/mol. The number of fused-ring (bicyclic) bond motifs is 1. The van der Waals surface area contributed by atoms with Gasteiger partial charge in [-0.05, 0) is 32.0 Å². The summed E-state index contributed by atoms with van der Waals surface area (Å²) >= 11 is 3.38. The Balaban J connectivity index is 1.94. The molecular formula is C14H17BrN2O3. The third-order valence-electron chi connectivity index (χ3n) is 3.69. The molecule has 0 N–H and O–H groups in total. The molecule has 1 saturated heterocycles. The Morgan fingerprint density at radius 1 is 1.40 bits per heavy atom. The van der Waals surface area contributed by atoms with Crippen LogP contribution in [-0.2, 0) is 11.4 Å². The van der Waals surface area contributed by atoms with Crippen molar-refractivity contribution in [1.29, 1.82) is 0 Å². The van der Waals surface area contributed by atoms with Gasteiger partial charge in [0.05, 0.1) is 24.9 Å². The van der Waals surface area contributed by atoms with Gasteiger partial charge in [-0.1, -0.05) is 15.9 Å². The van der Waals surface area contributed by atoms with Crippen molar-refractivity contribution < 1.29 is 9.15 Å². The molecule has 1 fully saturated rings. The monoisotopic (exact) mass is 340 g/mol. The van der Waals surface area contributed by atoms with Gasteiger partial charge in [0.1, 0.15) is 0 Å². The van der Waals surface area contributed by atoms with Gasteiger partial charge in [-0.2, -0.15) is 0 Å². The second-order valence-electron chi connectivity index (χ2n) is 5.31. The summed E-state index contributed by atoms with van der Waals surface area (Å²) in [4.78, 5) is 14.3. The van der Waals surface area contributed by atoms with Crippen molar-refractivity contribution in [1.82, 2.24) is 9.47 Å². The maximum absolute atomic E-state index is 12.0. The Labute approximate surface area is 125 Å². The third-order valence-corrected chi connectivity index (χ3v) is 4.18. The van der Waals surface area contributed by atoms with Crippen molar-refractivity contribution in [2.24, 2.45) is 0 Å². The zero-order chi connectivity index (χ0) is 14.3. The largest absolute Gasteiger partial charge is 0.421 e. The Kier molecular flexibility index (Phi) is 3.70. The van der Waals surface area contributed by atoms with E-state index in [4.69, 9.17) is 9.15 Å². The summed E-state index contributed by atoms with van der Waals surface area (Å²) in [5.74, 6) is -0.315. The van der Waals surface area contributed by atoms with Gasteiger partial charge in [-0.25, -0.2) is 4.79 Å². The molecule has 1 aromatic carbocycles. The van der Waals surface area contributed by atoms with Gasteiger partial charge in [0, 0.05) is 17.1 Å². The average Bonchev–Trinajstić information content (AvgIpc) is 2.69. The molecule has 5 nitrogen and oxygen atoms in total. The first-order valence-electron chi connectivity index (χ1n) is 6.69. The van der Waals surface area contributed by atoms with Crippen LogP contribution in [0.5, 0.6) is 0 Å². The van der Waals surface area contributed by atoms with Crippen molar-refractivity contribution in [2.75, 3.05) is 13.2 Å². The van der Waals surface area contributed by atoms with Crippen molar-refractivity contribution in [3.63, 3.8) is 0 Å². The van der Waals surface area contributed by atoms with Crippen molar-refractivity contribution >= 4 is 27.0 Å². The molecule has 2 heterocycles. The molecule has 2 aromatic rings. The van der Waals surface area contributed by atoms with Crippen LogP contribution < -0.4 is 5.76 Å². The number of oxazole rings is 1. The van der Waals surface area contributed by atoms with Gasteiger partial charge in [-0.3, -0.25) is 9.47 Å². The predicted octanol–water partition coefficient (Wildman–Crippen LogP) is 2.42. The normalized spacial score (nSPS) is 24.4. The Morgan fingerprint density at radius 3 is 3.00 bits per heavy atom. The number of rotatable bonds is 2. The number of aromatic nitrogens is 1. The van der Waals surface area contributed by atoms with E-state index in [1.807, 2.05) is 25.1 Å². The number of hydrogen-bond donors (Lipinski definition) is 0. The molecule has 0 bridgehead atoms. The summed E-state index contributed by atoms with van der Waals surface area (Å²) in [6.45, 7) is 6.19. The number of benzene rings is 1. The average molecular weight is 341 g/mol. The molecule has 1 aromatic heterocycles. The first-order chi connectivity index (χ1) is 9.54. The van der Waals surface area contributed by atoms with E-state index < -0.39 is 0 Å². The van der Waals surface area contributed by atoms with Crippen LogP contribution in [0, 0.1) is 0 Å². The van der Waals surface area contributed by atoms with E-state index in [1.54, 1.807) is 4.57 Å². The molecule has 0 aliphatic carbocycles. The van der Waals surface area contributed by atoms with Crippen LogP contribution >= 0.6 is 15.9 Å². The highest BCUT2D eigenvalue weighted by atomic mass is 79.9. The molecule has 6 heteroatoms. The van der Waals surface area contributed by atoms with Crippen LogP contribution in [0.3, 0.4) is 0 Å². The van der Waals surface area contributed by atoms with E-state index in [1.165, 1.54) is 0 Å². The molecule has 2 unspecified atom stereocenters. The fourth-order valence-electron chi connectivity index (χ4n) is 2.52. The number of halogens is 1. The minimum Gasteiger partial charge on any atom is -0.408 e. The Hall–Kier alpha value is -1.11. The van der Waals surface area contributed by atoms with Gasteiger partial charge in [0.2, 0.25) is 0 Å². The van der Waals surface area contributed by atoms with Crippen LogP contribution in [-0.4, -0.2) is 34.8 Å². The summed E-state index contributed by atoms with van der Waals surface area (Å²) in [6.07, 6.45) is 0.189. The minimum absolute atomic E-state index is 0.189. The molecule has 0 radical (unpaired) electrons. The van der Waals surface area contributed by atoms with E-state index in [-0.39, 0.29) is 11.9 Å². The second-order valence-corrected chi connectivity index (χ2v) is 6.23. The highest BCUT2D eigenvalue weighted by molar-refractivity contribution is 9.10. The second kappa shape index (κ2) is 5.35. The maximum Gasteiger partial charge on any atom is 0.421 e. The number of morpholine rings is 1. The zero-order valence-corrected chi connectivity index (χ0v) is 13.1. The van der Waals surface area contributed by atoms with E-state index in [0.29, 0.717) is 24.9 Å². The van der Waals surface area contributed by atoms with Crippen LogP contribution in [0.2, 0.25) is 0 Å². The van der Waals surface area contributed by atoms with Crippen molar-refractivity contribution in [3.8, 4) is 0 Å². The van der Waals surface area contributed by atoms with Gasteiger partial charge in [0.15, 0.2) is 5.58 Å². The molecule has 20 heavy (non-hydrogen) atoms. The van der Waals surface area contributed by atoms with Crippen LogP contribution in [0.25, 0.3) is 11.1 Å². The third kappa shape index (κ3) is 2.55. The fourth-order valence-corrected chi connectivity index (χ4v) is 2.86. The van der Waals surface area contributed by atoms with E-state index >= 15 is 0 Å². The quantitative estimate of drug-likeness (QED) is 0.842. The molecule has 2 atom stereocenters. The molecule has 0 saturated carbocycles. The van der Waals surface area contributed by atoms with Crippen molar-refractivity contribution in [2.45, 2.75) is 32.7 Å². The summed E-state index contributed by atoms with van der Waals surface area (Å²) in [6, 6.07) is 5.93. The van der Waals surface area contributed by atoms with E-state index in [0.717, 1.165) is 16.5 Å². The lowest BCUT2D eigenvalue weighted by atomic mass is 10.2. The van der Waals surface area contributed by atoms with E-state index in [2.05, 4.69) is 27.8 Å². The van der Waals surface area contributed by atoms with Crippen molar-refractivity contribution in [3.05, 3.63) is 33.2 Å². The van der Waals surface area contributed by atoms with Gasteiger partial charge in [-0.15, -0.1) is 0 Å². The first kappa shape index (κ1) is 13.9. The number of ether oxygens (including phenoxy) is 1. The lowest BCUT2D eigenvalue weighted by molar-refractivity contribution is -0.0610. The smallest absolute Gasteiger partial charge is 0.408 e. The molecule has 0 amide bonds. The predicted molar refractivity (Wildman–Crippen MR) is 79.8 cm³/mol. The number of hydrogen-bond acceptors (Lipinski definition) is 4. The van der Waals surface area contributed by atoms with Crippen LogP contribution in [0.4, 0.5) is 0 Å². The summed E-state index contributed by atoms with van der Waals surface area (Å²) < 4.78 is 13.5. The first-order valence-corrected chi connectivity index (χ1v) is 7.48. The Morgan fingerprint density at radius 2 is 2.20 bits per heavy atom. The van der Waals surface area contributed by atoms with Gasteiger partial charge >= 0.3 is 5.76 Å². The van der Waals surface area contributed by atoms with Gasteiger partial charge in [0.25, 0.3) is 0 Å². The molecule has 108 valence electrons. The summed E-state index contributed by atoms with van der Waals surface area (Å²) in [7, 11) is 0. The van der Waals surface area contributed by atoms with Gasteiger partial charge < -0.3 is 9.15 Å². The highest BCUT2D eigenvalue weighted by Crippen LogP contribution is 2.20. The summed E-state index contributed by atoms with van der Waals surface area (Å²) in [5.41, 5.74) is 1.43.